The average Bonchev–Trinajstić information content (AvgIpc) is 3.06. The van der Waals surface area contributed by atoms with Gasteiger partial charge in [0, 0.05) is 16.6 Å². The van der Waals surface area contributed by atoms with Gasteiger partial charge in [0.05, 0.1) is 11.4 Å². The zero-order valence-electron chi connectivity index (χ0n) is 13.3. The smallest absolute Gasteiger partial charge is 0.194 e. The van der Waals surface area contributed by atoms with E-state index in [-0.39, 0.29) is 12.4 Å². The number of hydrogen-bond donors (Lipinski definition) is 0. The number of aryl methyl sites for hydroxylation is 2. The third-order valence-corrected chi connectivity index (χ3v) is 4.40. The molecular weight excluding hydrogens is 322 g/mol. The van der Waals surface area contributed by atoms with E-state index in [0.717, 1.165) is 16.3 Å². The summed E-state index contributed by atoms with van der Waals surface area (Å²) in [6.07, 6.45) is 5.37. The Balaban J connectivity index is 1.79. The van der Waals surface area contributed by atoms with Gasteiger partial charge in [-0.1, -0.05) is 0 Å². The van der Waals surface area contributed by atoms with Crippen LogP contribution in [0.4, 0.5) is 0 Å². The first-order valence-corrected chi connectivity index (χ1v) is 8.17. The summed E-state index contributed by atoms with van der Waals surface area (Å²) in [4.78, 5) is 18.9. The molecule has 2 aromatic heterocycles. The first kappa shape index (κ1) is 16.0. The maximum absolute atomic E-state index is 12.3. The minimum absolute atomic E-state index is 0.0102. The minimum atomic E-state index is -0.0943. The number of hydrogen-bond acceptors (Lipinski definition) is 5. The predicted molar refractivity (Wildman–Crippen MR) is 93.5 cm³/mol. The molecule has 3 rings (SSSR count). The third kappa shape index (κ3) is 3.21. The molecule has 0 fully saturated rings. The van der Waals surface area contributed by atoms with E-state index in [1.807, 2.05) is 30.5 Å². The molecule has 5 nitrogen and oxygen atoms in total. The number of ketones is 1. The number of benzene rings is 1. The van der Waals surface area contributed by atoms with E-state index in [9.17, 15) is 4.79 Å². The second-order valence-electron chi connectivity index (χ2n) is 5.25. The van der Waals surface area contributed by atoms with Gasteiger partial charge in [-0.25, -0.2) is 4.98 Å². The molecule has 0 aliphatic carbocycles. The molecule has 0 spiro atoms. The van der Waals surface area contributed by atoms with Gasteiger partial charge in [0.2, 0.25) is 0 Å². The number of nitriles is 1. The first-order valence-electron chi connectivity index (χ1n) is 7.36. The Labute approximate surface area is 143 Å². The van der Waals surface area contributed by atoms with E-state index in [2.05, 4.69) is 4.98 Å². The Kier molecular flexibility index (Phi) is 4.45. The van der Waals surface area contributed by atoms with Crippen LogP contribution in [0.3, 0.4) is 0 Å². The summed E-state index contributed by atoms with van der Waals surface area (Å²) in [6, 6.07) is 8.65. The monoisotopic (exact) mass is 337 g/mol. The summed E-state index contributed by atoms with van der Waals surface area (Å²) in [6.45, 7) is 3.95. The van der Waals surface area contributed by atoms with Crippen molar-refractivity contribution in [3.63, 3.8) is 0 Å². The van der Waals surface area contributed by atoms with Crippen LogP contribution in [0.2, 0.25) is 0 Å². The van der Waals surface area contributed by atoms with Gasteiger partial charge in [-0.3, -0.25) is 9.20 Å². The molecule has 120 valence electrons. The van der Waals surface area contributed by atoms with Crippen LogP contribution in [-0.2, 0) is 0 Å². The molecule has 0 unspecified atom stereocenters. The van der Waals surface area contributed by atoms with Crippen molar-refractivity contribution in [3.8, 4) is 11.8 Å². The molecular formula is C18H15N3O2S. The molecule has 0 radical (unpaired) electrons. The Morgan fingerprint density at radius 1 is 1.38 bits per heavy atom. The standard InChI is InChI=1S/C18H15N3O2S/c1-12-11-21-16(13(2)20-18(21)24-12)7-8-17(22)14-3-5-15(6-4-14)23-10-9-19/h3-8,11H,10H2,1-2H3/b8-7+. The highest BCUT2D eigenvalue weighted by Crippen LogP contribution is 2.22. The van der Waals surface area contributed by atoms with Gasteiger partial charge in [0.25, 0.3) is 0 Å². The molecule has 0 aliphatic rings. The van der Waals surface area contributed by atoms with Crippen molar-refractivity contribution < 1.29 is 9.53 Å². The number of carbonyl (C=O) groups is 1. The molecule has 0 bridgehead atoms. The molecule has 3 aromatic rings. The van der Waals surface area contributed by atoms with Crippen LogP contribution in [0.15, 0.2) is 36.5 Å². The fourth-order valence-electron chi connectivity index (χ4n) is 2.36. The summed E-state index contributed by atoms with van der Waals surface area (Å²) in [5.41, 5.74) is 2.37. The Morgan fingerprint density at radius 3 is 2.83 bits per heavy atom. The largest absolute Gasteiger partial charge is 0.479 e. The van der Waals surface area contributed by atoms with Crippen molar-refractivity contribution in [2.75, 3.05) is 6.61 Å². The highest BCUT2D eigenvalue weighted by molar-refractivity contribution is 7.17. The van der Waals surface area contributed by atoms with Gasteiger partial charge in [-0.15, -0.1) is 11.3 Å². The molecule has 2 heterocycles. The highest BCUT2D eigenvalue weighted by Gasteiger charge is 2.09. The lowest BCUT2D eigenvalue weighted by Gasteiger charge is -2.01. The fourth-order valence-corrected chi connectivity index (χ4v) is 3.24. The van der Waals surface area contributed by atoms with Crippen molar-refractivity contribution in [1.29, 1.82) is 5.26 Å². The number of allylic oxidation sites excluding steroid dienone is 1. The van der Waals surface area contributed by atoms with E-state index in [4.69, 9.17) is 10.00 Å². The maximum atomic E-state index is 12.3. The van der Waals surface area contributed by atoms with E-state index in [1.165, 1.54) is 4.88 Å². The number of thiazole rings is 1. The third-order valence-electron chi connectivity index (χ3n) is 3.50. The van der Waals surface area contributed by atoms with Crippen LogP contribution in [0, 0.1) is 25.2 Å². The summed E-state index contributed by atoms with van der Waals surface area (Å²) in [5, 5.41) is 8.49. The normalized spacial score (nSPS) is 11.0. The van der Waals surface area contributed by atoms with Gasteiger partial charge in [-0.2, -0.15) is 5.26 Å². The zero-order valence-corrected chi connectivity index (χ0v) is 14.1. The number of aromatic nitrogens is 2. The number of rotatable bonds is 5. The van der Waals surface area contributed by atoms with Crippen molar-refractivity contribution in [2.24, 2.45) is 0 Å². The summed E-state index contributed by atoms with van der Waals surface area (Å²) < 4.78 is 7.17. The lowest BCUT2D eigenvalue weighted by molar-refractivity contribution is 0.104. The van der Waals surface area contributed by atoms with Crippen molar-refractivity contribution in [1.82, 2.24) is 9.38 Å². The Morgan fingerprint density at radius 2 is 2.12 bits per heavy atom. The SMILES string of the molecule is Cc1cn2c(/C=C/C(=O)c3ccc(OCC#N)cc3)c(C)nc2s1. The van der Waals surface area contributed by atoms with E-state index in [1.54, 1.807) is 47.8 Å². The first-order chi connectivity index (χ1) is 11.6. The Bertz CT molecular complexity index is 959. The predicted octanol–water partition coefficient (Wildman–Crippen LogP) is 3.81. The number of imidazole rings is 1. The van der Waals surface area contributed by atoms with Crippen LogP contribution in [0.5, 0.6) is 5.75 Å². The lowest BCUT2D eigenvalue weighted by Crippen LogP contribution is -1.97. The summed E-state index contributed by atoms with van der Waals surface area (Å²) in [7, 11) is 0. The number of carbonyl (C=O) groups excluding carboxylic acids is 1. The molecule has 0 N–H and O–H groups in total. The van der Waals surface area contributed by atoms with E-state index < -0.39 is 0 Å². The second-order valence-corrected chi connectivity index (χ2v) is 6.46. The van der Waals surface area contributed by atoms with E-state index >= 15 is 0 Å². The average molecular weight is 337 g/mol. The summed E-state index contributed by atoms with van der Waals surface area (Å²) in [5.74, 6) is 0.474. The second kappa shape index (κ2) is 6.69. The molecule has 0 saturated carbocycles. The minimum Gasteiger partial charge on any atom is -0.479 e. The molecule has 6 heteroatoms. The molecule has 0 saturated heterocycles. The van der Waals surface area contributed by atoms with Gasteiger partial charge in [0.15, 0.2) is 17.4 Å². The lowest BCUT2D eigenvalue weighted by atomic mass is 10.1. The molecule has 0 atom stereocenters. The summed E-state index contributed by atoms with van der Waals surface area (Å²) >= 11 is 1.62. The number of fused-ring (bicyclic) bond motifs is 1. The van der Waals surface area contributed by atoms with E-state index in [0.29, 0.717) is 11.3 Å². The topological polar surface area (TPSA) is 67.4 Å². The maximum Gasteiger partial charge on any atom is 0.194 e. The molecule has 1 aromatic carbocycles. The van der Waals surface area contributed by atoms with Crippen LogP contribution < -0.4 is 4.74 Å². The van der Waals surface area contributed by atoms with Gasteiger partial charge >= 0.3 is 0 Å². The van der Waals surface area contributed by atoms with Gasteiger partial charge in [-0.05, 0) is 50.3 Å². The fraction of sp³-hybridized carbons (Fsp3) is 0.167. The van der Waals surface area contributed by atoms with Crippen LogP contribution in [0.1, 0.15) is 26.6 Å². The quantitative estimate of drug-likeness (QED) is 0.524. The number of nitrogens with zero attached hydrogens (tertiary/aromatic N) is 3. The van der Waals surface area contributed by atoms with Gasteiger partial charge in [0.1, 0.15) is 11.8 Å². The van der Waals surface area contributed by atoms with Crippen molar-refractivity contribution in [2.45, 2.75) is 13.8 Å². The zero-order chi connectivity index (χ0) is 17.1. The molecule has 24 heavy (non-hydrogen) atoms. The van der Waals surface area contributed by atoms with Crippen LogP contribution in [0.25, 0.3) is 11.0 Å². The van der Waals surface area contributed by atoms with Crippen molar-refractivity contribution in [3.05, 3.63) is 58.4 Å². The van der Waals surface area contributed by atoms with Gasteiger partial charge < -0.3 is 4.74 Å². The number of ether oxygens (including phenoxy) is 1. The molecule has 0 aliphatic heterocycles. The van der Waals surface area contributed by atoms with Crippen molar-refractivity contribution >= 4 is 28.2 Å². The van der Waals surface area contributed by atoms with Crippen LogP contribution in [-0.4, -0.2) is 21.8 Å². The highest BCUT2D eigenvalue weighted by atomic mass is 32.1. The molecule has 0 amide bonds. The Hall–Kier alpha value is -2.91. The van der Waals surface area contributed by atoms with Crippen LogP contribution >= 0.6 is 11.3 Å².